The Labute approximate surface area is 212 Å². The highest BCUT2D eigenvalue weighted by Gasteiger charge is 2.75. The molecule has 3 saturated heterocycles. The predicted molar refractivity (Wildman–Crippen MR) is 130 cm³/mol. The number of nitrogens with zero attached hydrogens (tertiary/aromatic N) is 4. The number of carbonyl (C=O) groups excluding carboxylic acids is 3. The summed E-state index contributed by atoms with van der Waals surface area (Å²) in [5.41, 5.74) is 0.994. The summed E-state index contributed by atoms with van der Waals surface area (Å²) in [5, 5.41) is 24.3. The van der Waals surface area contributed by atoms with Crippen LogP contribution in [0.25, 0.3) is 11.0 Å². The van der Waals surface area contributed by atoms with Crippen molar-refractivity contribution in [3.63, 3.8) is 0 Å². The maximum Gasteiger partial charge on any atom is 0.247 e. The van der Waals surface area contributed by atoms with E-state index in [4.69, 9.17) is 4.74 Å². The van der Waals surface area contributed by atoms with Gasteiger partial charge in [-0.1, -0.05) is 47.7 Å². The molecule has 2 aromatic carbocycles. The Morgan fingerprint density at radius 1 is 1.16 bits per heavy atom. The summed E-state index contributed by atoms with van der Waals surface area (Å²) in [7, 11) is 1.53. The SMILES string of the molecule is CNC(=O)[C@@H]1[C@@H]2CCC3(O2)C(C(=O)NCn2nnc4ccccc42)N([C@H](CO)c2ccccc2)C(=O)[C@H]13. The molecule has 1 spiro atoms. The smallest absolute Gasteiger partial charge is 0.247 e. The lowest BCUT2D eigenvalue weighted by molar-refractivity contribution is -0.146. The lowest BCUT2D eigenvalue weighted by Gasteiger charge is -2.36. The van der Waals surface area contributed by atoms with Gasteiger partial charge in [0, 0.05) is 7.05 Å². The summed E-state index contributed by atoms with van der Waals surface area (Å²) < 4.78 is 7.97. The van der Waals surface area contributed by atoms with Crippen molar-refractivity contribution in [1.82, 2.24) is 30.5 Å². The number of ether oxygens (including phenoxy) is 1. The van der Waals surface area contributed by atoms with E-state index in [1.807, 2.05) is 54.6 Å². The summed E-state index contributed by atoms with van der Waals surface area (Å²) in [4.78, 5) is 42.3. The Morgan fingerprint density at radius 3 is 2.68 bits per heavy atom. The van der Waals surface area contributed by atoms with Crippen LogP contribution in [0.1, 0.15) is 24.4 Å². The number of fused-ring (bicyclic) bond motifs is 2. The molecule has 0 aliphatic carbocycles. The lowest BCUT2D eigenvalue weighted by atomic mass is 9.70. The molecule has 11 heteroatoms. The van der Waals surface area contributed by atoms with Crippen molar-refractivity contribution in [1.29, 1.82) is 0 Å². The van der Waals surface area contributed by atoms with Gasteiger partial charge in [0.1, 0.15) is 23.8 Å². The number of hydrogen-bond acceptors (Lipinski definition) is 7. The van der Waals surface area contributed by atoms with Gasteiger partial charge in [-0.2, -0.15) is 0 Å². The van der Waals surface area contributed by atoms with Crippen LogP contribution in [0.15, 0.2) is 54.6 Å². The van der Waals surface area contributed by atoms with Gasteiger partial charge in [0.15, 0.2) is 0 Å². The molecule has 0 saturated carbocycles. The third kappa shape index (κ3) is 3.45. The first-order chi connectivity index (χ1) is 18.0. The fourth-order valence-corrected chi connectivity index (χ4v) is 6.51. The van der Waals surface area contributed by atoms with Crippen LogP contribution in [0.3, 0.4) is 0 Å². The molecule has 2 bridgehead atoms. The first kappa shape index (κ1) is 23.6. The topological polar surface area (TPSA) is 139 Å². The summed E-state index contributed by atoms with van der Waals surface area (Å²) in [6.07, 6.45) is 0.604. The van der Waals surface area contributed by atoms with Crippen LogP contribution in [0.2, 0.25) is 0 Å². The fourth-order valence-electron chi connectivity index (χ4n) is 6.51. The monoisotopic (exact) mass is 504 g/mol. The Kier molecular flexibility index (Phi) is 5.68. The average molecular weight is 505 g/mol. The van der Waals surface area contributed by atoms with Crippen molar-refractivity contribution in [3.8, 4) is 0 Å². The van der Waals surface area contributed by atoms with Crippen LogP contribution in [0.5, 0.6) is 0 Å². The normalized spacial score (nSPS) is 28.9. The van der Waals surface area contributed by atoms with E-state index in [1.165, 1.54) is 11.9 Å². The van der Waals surface area contributed by atoms with E-state index in [9.17, 15) is 19.5 Å². The first-order valence-electron chi connectivity index (χ1n) is 12.4. The standard InChI is InChI=1S/C26H28N6O5/c1-27-23(34)20-19-11-12-26(37-19)21(20)25(36)32(18(13-33)15-7-3-2-4-8-15)22(26)24(35)28-14-31-17-10-6-5-9-16(17)29-30-31/h2-10,18-22,33H,11-14H2,1H3,(H,27,34)(H,28,35)/t18-,19+,20-,21+,22?,26?/m1/s1. The van der Waals surface area contributed by atoms with Gasteiger partial charge in [-0.15, -0.1) is 5.10 Å². The largest absolute Gasteiger partial charge is 0.394 e. The van der Waals surface area contributed by atoms with E-state index >= 15 is 0 Å². The zero-order valence-corrected chi connectivity index (χ0v) is 20.3. The zero-order valence-electron chi connectivity index (χ0n) is 20.3. The number of benzene rings is 2. The molecule has 3 aliphatic heterocycles. The second-order valence-corrected chi connectivity index (χ2v) is 9.80. The Bertz CT molecular complexity index is 1360. The van der Waals surface area contributed by atoms with Crippen molar-refractivity contribution in [3.05, 3.63) is 60.2 Å². The van der Waals surface area contributed by atoms with Gasteiger partial charge in [-0.05, 0) is 30.5 Å². The van der Waals surface area contributed by atoms with E-state index < -0.39 is 41.5 Å². The van der Waals surface area contributed by atoms with E-state index in [-0.39, 0.29) is 25.1 Å². The number of hydrogen-bond donors (Lipinski definition) is 3. The minimum absolute atomic E-state index is 0.0378. The van der Waals surface area contributed by atoms with Gasteiger partial charge in [-0.3, -0.25) is 14.4 Å². The number of aromatic nitrogens is 3. The summed E-state index contributed by atoms with van der Waals surface area (Å²) >= 11 is 0. The Morgan fingerprint density at radius 2 is 1.92 bits per heavy atom. The molecule has 1 aromatic heterocycles. The van der Waals surface area contributed by atoms with Crippen molar-refractivity contribution in [2.24, 2.45) is 11.8 Å². The molecule has 0 radical (unpaired) electrons. The zero-order chi connectivity index (χ0) is 25.7. The van der Waals surface area contributed by atoms with Gasteiger partial charge in [0.05, 0.1) is 36.1 Å². The van der Waals surface area contributed by atoms with E-state index in [0.717, 1.165) is 5.52 Å². The first-order valence-corrected chi connectivity index (χ1v) is 12.4. The highest BCUT2D eigenvalue weighted by atomic mass is 16.5. The summed E-state index contributed by atoms with van der Waals surface area (Å²) in [6.45, 7) is -0.347. The molecule has 192 valence electrons. The number of para-hydroxylation sites is 1. The second kappa shape index (κ2) is 8.93. The number of rotatable bonds is 7. The molecule has 6 atom stereocenters. The Hall–Kier alpha value is -3.83. The molecular weight excluding hydrogens is 476 g/mol. The number of amides is 3. The van der Waals surface area contributed by atoms with Crippen molar-refractivity contribution in [2.75, 3.05) is 13.7 Å². The molecule has 11 nitrogen and oxygen atoms in total. The number of carbonyl (C=O) groups is 3. The minimum Gasteiger partial charge on any atom is -0.394 e. The molecule has 6 rings (SSSR count). The van der Waals surface area contributed by atoms with E-state index in [2.05, 4.69) is 20.9 Å². The van der Waals surface area contributed by atoms with Gasteiger partial charge < -0.3 is 25.4 Å². The fraction of sp³-hybridized carbons (Fsp3) is 0.423. The minimum atomic E-state index is -1.16. The van der Waals surface area contributed by atoms with Crippen molar-refractivity contribution < 1.29 is 24.2 Å². The average Bonchev–Trinajstić information content (AvgIpc) is 3.68. The second-order valence-electron chi connectivity index (χ2n) is 9.80. The molecule has 3 N–H and O–H groups in total. The van der Waals surface area contributed by atoms with E-state index in [1.54, 1.807) is 4.68 Å². The summed E-state index contributed by atoms with van der Waals surface area (Å²) in [6, 6.07) is 14.7. The number of aliphatic hydroxyl groups excluding tert-OH is 1. The number of aliphatic hydroxyl groups is 1. The molecule has 2 unspecified atom stereocenters. The Balaban J connectivity index is 1.38. The molecule has 3 amide bonds. The highest BCUT2D eigenvalue weighted by molar-refractivity contribution is 5.99. The third-order valence-corrected chi connectivity index (χ3v) is 8.05. The van der Waals surface area contributed by atoms with Crippen LogP contribution in [0.4, 0.5) is 0 Å². The van der Waals surface area contributed by atoms with Crippen LogP contribution in [-0.4, -0.2) is 74.1 Å². The van der Waals surface area contributed by atoms with Crippen LogP contribution >= 0.6 is 0 Å². The van der Waals surface area contributed by atoms with Gasteiger partial charge in [-0.25, -0.2) is 4.68 Å². The van der Waals surface area contributed by atoms with Gasteiger partial charge in [0.2, 0.25) is 17.7 Å². The van der Waals surface area contributed by atoms with Crippen LogP contribution < -0.4 is 10.6 Å². The molecule has 3 fully saturated rings. The molecular formula is C26H28N6O5. The molecule has 3 aromatic rings. The molecule has 3 aliphatic rings. The summed E-state index contributed by atoms with van der Waals surface area (Å²) in [5.74, 6) is -2.57. The van der Waals surface area contributed by atoms with Crippen LogP contribution in [-0.2, 0) is 25.8 Å². The van der Waals surface area contributed by atoms with E-state index in [0.29, 0.717) is 23.9 Å². The lowest BCUT2D eigenvalue weighted by Crippen LogP contribution is -2.56. The highest BCUT2D eigenvalue weighted by Crippen LogP contribution is 2.59. The van der Waals surface area contributed by atoms with Crippen molar-refractivity contribution in [2.45, 2.75) is 43.3 Å². The van der Waals surface area contributed by atoms with Gasteiger partial charge in [0.25, 0.3) is 0 Å². The quantitative estimate of drug-likeness (QED) is 0.422. The molecule has 4 heterocycles. The number of nitrogens with one attached hydrogen (secondary N) is 2. The van der Waals surface area contributed by atoms with Crippen molar-refractivity contribution >= 4 is 28.8 Å². The molecule has 37 heavy (non-hydrogen) atoms. The maximum atomic E-state index is 14.0. The third-order valence-electron chi connectivity index (χ3n) is 8.05. The van der Waals surface area contributed by atoms with Crippen LogP contribution in [0, 0.1) is 11.8 Å². The van der Waals surface area contributed by atoms with Gasteiger partial charge >= 0.3 is 0 Å². The predicted octanol–water partition coefficient (Wildman–Crippen LogP) is 0.359. The maximum absolute atomic E-state index is 14.0. The number of likely N-dealkylation sites (tertiary alicyclic amines) is 1.